The Morgan fingerprint density at radius 1 is 1.00 bits per heavy atom. The van der Waals surface area contributed by atoms with Crippen molar-refractivity contribution in [3.63, 3.8) is 0 Å². The van der Waals surface area contributed by atoms with Crippen LogP contribution in [-0.2, 0) is 17.6 Å². The fourth-order valence-corrected chi connectivity index (χ4v) is 3.21. The molecule has 2 unspecified atom stereocenters. The van der Waals surface area contributed by atoms with Crippen LogP contribution < -0.4 is 14.8 Å². The number of benzene rings is 2. The third-order valence-corrected chi connectivity index (χ3v) is 4.46. The maximum absolute atomic E-state index is 12.3. The summed E-state index contributed by atoms with van der Waals surface area (Å²) in [5.74, 6) is 2.05. The number of ether oxygens (including phenoxy) is 2. The van der Waals surface area contributed by atoms with Crippen LogP contribution in [0.1, 0.15) is 11.1 Å². The van der Waals surface area contributed by atoms with Crippen LogP contribution in [0.3, 0.4) is 0 Å². The highest BCUT2D eigenvalue weighted by atomic mass is 16.5. The first-order valence-electron chi connectivity index (χ1n) is 8.02. The van der Waals surface area contributed by atoms with Gasteiger partial charge in [-0.05, 0) is 29.7 Å². The first-order valence-corrected chi connectivity index (χ1v) is 8.02. The Balaban J connectivity index is 1.32. The summed E-state index contributed by atoms with van der Waals surface area (Å²) in [6.45, 7) is 1.26. The van der Waals surface area contributed by atoms with E-state index in [9.17, 15) is 4.79 Å². The molecule has 0 saturated carbocycles. The zero-order chi connectivity index (χ0) is 15.6. The summed E-state index contributed by atoms with van der Waals surface area (Å²) in [6, 6.07) is 15.9. The molecule has 4 nitrogen and oxygen atoms in total. The van der Waals surface area contributed by atoms with Gasteiger partial charge in [0.05, 0.1) is 6.61 Å². The summed E-state index contributed by atoms with van der Waals surface area (Å²) in [5, 5.41) is 3.02. The standard InChI is InChI=1S/C19H19NO3/c21-19(18-10-15-6-2-4-8-17(15)23-18)20-11-13-9-14-5-1-3-7-16(14)22-12-13/h1-8,13,18H,9-12H2,(H,20,21). The van der Waals surface area contributed by atoms with Crippen LogP contribution in [0.25, 0.3) is 0 Å². The second-order valence-electron chi connectivity index (χ2n) is 6.15. The number of carbonyl (C=O) groups excluding carboxylic acids is 1. The van der Waals surface area contributed by atoms with Crippen LogP contribution in [0.15, 0.2) is 48.5 Å². The van der Waals surface area contributed by atoms with Gasteiger partial charge in [-0.2, -0.15) is 0 Å². The average Bonchev–Trinajstić information content (AvgIpc) is 3.04. The summed E-state index contributed by atoms with van der Waals surface area (Å²) in [6.07, 6.45) is 1.16. The molecule has 1 N–H and O–H groups in total. The van der Waals surface area contributed by atoms with E-state index in [-0.39, 0.29) is 5.91 Å². The lowest BCUT2D eigenvalue weighted by Crippen LogP contribution is -2.41. The highest BCUT2D eigenvalue weighted by Crippen LogP contribution is 2.29. The molecule has 2 heterocycles. The lowest BCUT2D eigenvalue weighted by molar-refractivity contribution is -0.127. The van der Waals surface area contributed by atoms with E-state index in [1.165, 1.54) is 5.56 Å². The molecule has 0 spiro atoms. The van der Waals surface area contributed by atoms with Crippen molar-refractivity contribution in [3.05, 3.63) is 59.7 Å². The van der Waals surface area contributed by atoms with E-state index in [1.54, 1.807) is 0 Å². The molecule has 0 fully saturated rings. The quantitative estimate of drug-likeness (QED) is 0.947. The lowest BCUT2D eigenvalue weighted by Gasteiger charge is -2.25. The fraction of sp³-hybridized carbons (Fsp3) is 0.316. The van der Waals surface area contributed by atoms with Crippen LogP contribution in [0.2, 0.25) is 0 Å². The predicted octanol–water partition coefficient (Wildman–Crippen LogP) is 2.36. The molecule has 0 radical (unpaired) electrons. The van der Waals surface area contributed by atoms with E-state index in [0.29, 0.717) is 25.5 Å². The number of nitrogens with one attached hydrogen (secondary N) is 1. The van der Waals surface area contributed by atoms with Crippen molar-refractivity contribution in [2.24, 2.45) is 5.92 Å². The summed E-state index contributed by atoms with van der Waals surface area (Å²) >= 11 is 0. The molecule has 4 heteroatoms. The summed E-state index contributed by atoms with van der Waals surface area (Å²) < 4.78 is 11.5. The Bertz CT molecular complexity index is 703. The van der Waals surface area contributed by atoms with E-state index in [1.807, 2.05) is 42.5 Å². The Morgan fingerprint density at radius 3 is 2.48 bits per heavy atom. The molecule has 0 saturated heterocycles. The van der Waals surface area contributed by atoms with Gasteiger partial charge in [0.15, 0.2) is 6.10 Å². The number of hydrogen-bond acceptors (Lipinski definition) is 3. The number of fused-ring (bicyclic) bond motifs is 2. The third kappa shape index (κ3) is 2.89. The van der Waals surface area contributed by atoms with Crippen LogP contribution in [-0.4, -0.2) is 25.2 Å². The van der Waals surface area contributed by atoms with Crippen molar-refractivity contribution in [1.29, 1.82) is 0 Å². The Kier molecular flexibility index (Phi) is 3.66. The number of rotatable bonds is 3. The first kappa shape index (κ1) is 14.1. The average molecular weight is 309 g/mol. The molecular formula is C19H19NO3. The van der Waals surface area contributed by atoms with Gasteiger partial charge in [0.25, 0.3) is 5.91 Å². The van der Waals surface area contributed by atoms with Crippen LogP contribution in [0.4, 0.5) is 0 Å². The summed E-state index contributed by atoms with van der Waals surface area (Å²) in [4.78, 5) is 12.3. The Hall–Kier alpha value is -2.49. The Labute approximate surface area is 135 Å². The van der Waals surface area contributed by atoms with Crippen LogP contribution >= 0.6 is 0 Å². The number of hydrogen-bond donors (Lipinski definition) is 1. The molecule has 0 aliphatic carbocycles. The van der Waals surface area contributed by atoms with Crippen molar-refractivity contribution < 1.29 is 14.3 Å². The largest absolute Gasteiger partial charge is 0.493 e. The van der Waals surface area contributed by atoms with Crippen molar-refractivity contribution in [1.82, 2.24) is 5.32 Å². The minimum absolute atomic E-state index is 0.0416. The SMILES string of the molecule is O=C(NCC1COc2ccccc2C1)C1Cc2ccccc2O1. The highest BCUT2D eigenvalue weighted by molar-refractivity contribution is 5.82. The Morgan fingerprint density at radius 2 is 1.70 bits per heavy atom. The zero-order valence-corrected chi connectivity index (χ0v) is 12.8. The normalized spacial score (nSPS) is 21.6. The molecule has 0 aromatic heterocycles. The van der Waals surface area contributed by atoms with Crippen molar-refractivity contribution >= 4 is 5.91 Å². The maximum Gasteiger partial charge on any atom is 0.261 e. The van der Waals surface area contributed by atoms with Crippen molar-refractivity contribution in [2.75, 3.05) is 13.2 Å². The van der Waals surface area contributed by atoms with Gasteiger partial charge in [-0.3, -0.25) is 4.79 Å². The topological polar surface area (TPSA) is 47.6 Å². The minimum atomic E-state index is -0.413. The molecule has 2 atom stereocenters. The molecule has 2 aliphatic rings. The van der Waals surface area contributed by atoms with E-state index >= 15 is 0 Å². The summed E-state index contributed by atoms with van der Waals surface area (Å²) in [7, 11) is 0. The van der Waals surface area contributed by atoms with Gasteiger partial charge in [-0.25, -0.2) is 0 Å². The smallest absolute Gasteiger partial charge is 0.261 e. The van der Waals surface area contributed by atoms with E-state index in [2.05, 4.69) is 11.4 Å². The number of para-hydroxylation sites is 2. The molecule has 23 heavy (non-hydrogen) atoms. The predicted molar refractivity (Wildman–Crippen MR) is 86.7 cm³/mol. The summed E-state index contributed by atoms with van der Waals surface area (Å²) in [5.41, 5.74) is 2.31. The molecule has 4 rings (SSSR count). The fourth-order valence-electron chi connectivity index (χ4n) is 3.21. The zero-order valence-electron chi connectivity index (χ0n) is 12.8. The highest BCUT2D eigenvalue weighted by Gasteiger charge is 2.29. The molecule has 2 aromatic carbocycles. The number of amides is 1. The van der Waals surface area contributed by atoms with Crippen molar-refractivity contribution in [2.45, 2.75) is 18.9 Å². The van der Waals surface area contributed by atoms with Gasteiger partial charge in [0, 0.05) is 18.9 Å². The van der Waals surface area contributed by atoms with Gasteiger partial charge in [0.1, 0.15) is 11.5 Å². The maximum atomic E-state index is 12.3. The molecule has 2 aliphatic heterocycles. The monoisotopic (exact) mass is 309 g/mol. The lowest BCUT2D eigenvalue weighted by atomic mass is 9.96. The van der Waals surface area contributed by atoms with Gasteiger partial charge in [-0.1, -0.05) is 36.4 Å². The molecule has 118 valence electrons. The van der Waals surface area contributed by atoms with E-state index in [0.717, 1.165) is 23.5 Å². The third-order valence-electron chi connectivity index (χ3n) is 4.46. The van der Waals surface area contributed by atoms with Gasteiger partial charge in [-0.15, -0.1) is 0 Å². The van der Waals surface area contributed by atoms with E-state index < -0.39 is 6.10 Å². The number of carbonyl (C=O) groups is 1. The van der Waals surface area contributed by atoms with Gasteiger partial charge >= 0.3 is 0 Å². The second kappa shape index (κ2) is 5.95. The second-order valence-corrected chi connectivity index (χ2v) is 6.15. The van der Waals surface area contributed by atoms with Crippen molar-refractivity contribution in [3.8, 4) is 11.5 Å². The van der Waals surface area contributed by atoms with E-state index in [4.69, 9.17) is 9.47 Å². The van der Waals surface area contributed by atoms with Crippen LogP contribution in [0, 0.1) is 5.92 Å². The molecule has 0 bridgehead atoms. The molecule has 1 amide bonds. The molecule has 2 aromatic rings. The minimum Gasteiger partial charge on any atom is -0.493 e. The first-order chi connectivity index (χ1) is 11.3. The van der Waals surface area contributed by atoms with Crippen LogP contribution in [0.5, 0.6) is 11.5 Å². The van der Waals surface area contributed by atoms with Gasteiger partial charge in [0.2, 0.25) is 0 Å². The van der Waals surface area contributed by atoms with Gasteiger partial charge < -0.3 is 14.8 Å². The molecular weight excluding hydrogens is 290 g/mol.